The van der Waals surface area contributed by atoms with Crippen LogP contribution in [0.4, 0.5) is 0 Å². The molecule has 8 heteroatoms. The minimum absolute atomic E-state index is 0.0442. The van der Waals surface area contributed by atoms with Crippen molar-refractivity contribution >= 4 is 5.91 Å². The molecule has 1 unspecified atom stereocenters. The number of fused-ring (bicyclic) bond motifs is 1. The van der Waals surface area contributed by atoms with E-state index in [1.54, 1.807) is 0 Å². The fraction of sp³-hybridized carbons (Fsp3) is 0.476. The van der Waals surface area contributed by atoms with E-state index in [1.165, 1.54) is 23.5 Å². The minimum Gasteiger partial charge on any atom is -0.472 e. The van der Waals surface area contributed by atoms with Gasteiger partial charge in [0.1, 0.15) is 18.1 Å². The summed E-state index contributed by atoms with van der Waals surface area (Å²) in [6.45, 7) is 3.59. The average molecular weight is 398 g/mol. The van der Waals surface area contributed by atoms with E-state index < -0.39 is 6.10 Å². The van der Waals surface area contributed by atoms with Crippen LogP contribution in [0.3, 0.4) is 0 Å². The van der Waals surface area contributed by atoms with Crippen LogP contribution in [0.5, 0.6) is 5.88 Å². The smallest absolute Gasteiger partial charge is 0.270 e. The van der Waals surface area contributed by atoms with E-state index >= 15 is 0 Å². The fourth-order valence-corrected chi connectivity index (χ4v) is 3.68. The topological polar surface area (TPSA) is 96.8 Å². The molecule has 1 saturated heterocycles. The summed E-state index contributed by atoms with van der Waals surface area (Å²) in [6.07, 6.45) is 2.39. The van der Waals surface area contributed by atoms with E-state index in [9.17, 15) is 9.90 Å². The lowest BCUT2D eigenvalue weighted by Crippen LogP contribution is -2.42. The second-order valence-electron chi connectivity index (χ2n) is 7.46. The fourth-order valence-electron chi connectivity index (χ4n) is 3.68. The molecule has 0 aliphatic carbocycles. The molecule has 1 amide bonds. The van der Waals surface area contributed by atoms with Gasteiger partial charge in [0, 0.05) is 38.7 Å². The maximum Gasteiger partial charge on any atom is 0.270 e. The third kappa shape index (κ3) is 5.29. The number of amides is 1. The van der Waals surface area contributed by atoms with Crippen molar-refractivity contribution in [3.8, 4) is 5.88 Å². The number of hydrogen-bond acceptors (Lipinski definition) is 7. The Kier molecular flexibility index (Phi) is 6.33. The molecule has 2 aliphatic rings. The molecule has 0 saturated carbocycles. The number of carbonyl (C=O) groups is 1. The number of benzene rings is 1. The number of aliphatic hydroxyl groups is 1. The first-order valence-electron chi connectivity index (χ1n) is 9.99. The minimum atomic E-state index is -0.655. The van der Waals surface area contributed by atoms with Gasteiger partial charge in [0.05, 0.1) is 19.3 Å². The Balaban J connectivity index is 1.25. The van der Waals surface area contributed by atoms with E-state index in [0.717, 1.165) is 25.9 Å². The Morgan fingerprint density at radius 2 is 2.21 bits per heavy atom. The molecule has 3 heterocycles. The van der Waals surface area contributed by atoms with Gasteiger partial charge >= 0.3 is 0 Å². The number of hydrogen-bond donors (Lipinski definition) is 2. The van der Waals surface area contributed by atoms with Gasteiger partial charge in [0.15, 0.2) is 0 Å². The van der Waals surface area contributed by atoms with Crippen molar-refractivity contribution in [2.75, 3.05) is 32.8 Å². The molecule has 1 aromatic heterocycles. The number of aliphatic hydroxyl groups excluding tert-OH is 1. The molecule has 0 bridgehead atoms. The van der Waals surface area contributed by atoms with Gasteiger partial charge in [-0.1, -0.05) is 24.3 Å². The summed E-state index contributed by atoms with van der Waals surface area (Å²) in [7, 11) is 0. The number of ether oxygens (including phenoxy) is 2. The van der Waals surface area contributed by atoms with Crippen LogP contribution < -0.4 is 10.1 Å². The molecule has 2 N–H and O–H groups in total. The van der Waals surface area contributed by atoms with Gasteiger partial charge in [-0.15, -0.1) is 0 Å². The molecule has 154 valence electrons. The molecule has 8 nitrogen and oxygen atoms in total. The van der Waals surface area contributed by atoms with Crippen LogP contribution in [-0.2, 0) is 17.7 Å². The second kappa shape index (κ2) is 9.30. The van der Waals surface area contributed by atoms with Gasteiger partial charge in [-0.25, -0.2) is 9.97 Å². The Morgan fingerprint density at radius 1 is 1.34 bits per heavy atom. The molecule has 2 aliphatic heterocycles. The molecular weight excluding hydrogens is 372 g/mol. The van der Waals surface area contributed by atoms with E-state index in [1.807, 2.05) is 6.07 Å². The number of aromatic nitrogens is 2. The van der Waals surface area contributed by atoms with E-state index in [0.29, 0.717) is 25.6 Å². The van der Waals surface area contributed by atoms with Crippen LogP contribution in [0, 0.1) is 0 Å². The predicted octanol–water partition coefficient (Wildman–Crippen LogP) is 0.793. The largest absolute Gasteiger partial charge is 0.472 e. The summed E-state index contributed by atoms with van der Waals surface area (Å²) in [5.74, 6) is -0.00357. The van der Waals surface area contributed by atoms with Gasteiger partial charge in [-0.3, -0.25) is 9.69 Å². The van der Waals surface area contributed by atoms with Gasteiger partial charge in [-0.05, 0) is 17.5 Å². The van der Waals surface area contributed by atoms with Crippen molar-refractivity contribution in [1.29, 1.82) is 0 Å². The lowest BCUT2D eigenvalue weighted by molar-refractivity contribution is 0.0837. The molecular formula is C21H26N4O4. The third-order valence-corrected chi connectivity index (χ3v) is 5.23. The summed E-state index contributed by atoms with van der Waals surface area (Å²) >= 11 is 0. The summed E-state index contributed by atoms with van der Waals surface area (Å²) < 4.78 is 11.0. The summed E-state index contributed by atoms with van der Waals surface area (Å²) in [5.41, 5.74) is 2.89. The quantitative estimate of drug-likeness (QED) is 0.712. The summed E-state index contributed by atoms with van der Waals surface area (Å²) in [5, 5.41) is 13.1. The highest BCUT2D eigenvalue weighted by molar-refractivity contribution is 5.92. The van der Waals surface area contributed by atoms with Gasteiger partial charge in [-0.2, -0.15) is 0 Å². The maximum atomic E-state index is 12.4. The number of carbonyl (C=O) groups excluding carboxylic acids is 1. The van der Waals surface area contributed by atoms with Crippen LogP contribution in [-0.4, -0.2) is 70.9 Å². The SMILES string of the molecule is O=C(NC[C@H](O)CN1CCc2ccccc2C1)c1cc(OC2CCOC2)ncn1. The second-order valence-corrected chi connectivity index (χ2v) is 7.46. The van der Waals surface area contributed by atoms with Crippen molar-refractivity contribution in [2.24, 2.45) is 0 Å². The first-order valence-corrected chi connectivity index (χ1v) is 9.99. The molecule has 29 heavy (non-hydrogen) atoms. The van der Waals surface area contributed by atoms with Crippen molar-refractivity contribution in [1.82, 2.24) is 20.2 Å². The number of nitrogens with one attached hydrogen (secondary N) is 1. The predicted molar refractivity (Wildman–Crippen MR) is 106 cm³/mol. The zero-order chi connectivity index (χ0) is 20.1. The first-order chi connectivity index (χ1) is 14.2. The average Bonchev–Trinajstić information content (AvgIpc) is 3.25. The van der Waals surface area contributed by atoms with Gasteiger partial charge in [0.2, 0.25) is 5.88 Å². The molecule has 2 atom stereocenters. The highest BCUT2D eigenvalue weighted by atomic mass is 16.5. The van der Waals surface area contributed by atoms with Crippen molar-refractivity contribution < 1.29 is 19.4 Å². The lowest BCUT2D eigenvalue weighted by atomic mass is 10.00. The van der Waals surface area contributed by atoms with E-state index in [-0.39, 0.29) is 24.2 Å². The monoisotopic (exact) mass is 398 g/mol. The third-order valence-electron chi connectivity index (χ3n) is 5.23. The highest BCUT2D eigenvalue weighted by Crippen LogP contribution is 2.18. The standard InChI is InChI=1S/C21H26N4O4/c26-17(12-25-7-5-15-3-1-2-4-16(15)11-25)10-22-21(27)19-9-20(24-14-23-19)29-18-6-8-28-13-18/h1-4,9,14,17-18,26H,5-8,10-13H2,(H,22,27)/t17-,18?/m0/s1. The Bertz CT molecular complexity index is 841. The maximum absolute atomic E-state index is 12.4. The van der Waals surface area contributed by atoms with Crippen molar-refractivity contribution in [3.05, 3.63) is 53.5 Å². The Labute approximate surface area is 169 Å². The number of nitrogens with zero attached hydrogens (tertiary/aromatic N) is 3. The summed E-state index contributed by atoms with van der Waals surface area (Å²) in [4.78, 5) is 22.7. The number of rotatable bonds is 7. The van der Waals surface area contributed by atoms with Crippen LogP contribution in [0.1, 0.15) is 28.0 Å². The molecule has 2 aromatic rings. The van der Waals surface area contributed by atoms with E-state index in [2.05, 4.69) is 38.4 Å². The normalized spacial score (nSPS) is 20.1. The zero-order valence-corrected chi connectivity index (χ0v) is 16.3. The zero-order valence-electron chi connectivity index (χ0n) is 16.3. The van der Waals surface area contributed by atoms with Crippen LogP contribution in [0.25, 0.3) is 0 Å². The molecule has 1 aromatic carbocycles. The highest BCUT2D eigenvalue weighted by Gasteiger charge is 2.20. The van der Waals surface area contributed by atoms with Gasteiger partial charge in [0.25, 0.3) is 5.91 Å². The van der Waals surface area contributed by atoms with E-state index in [4.69, 9.17) is 9.47 Å². The molecule has 4 rings (SSSR count). The molecule has 0 radical (unpaired) electrons. The molecule has 1 fully saturated rings. The lowest BCUT2D eigenvalue weighted by Gasteiger charge is -2.30. The molecule has 0 spiro atoms. The van der Waals surface area contributed by atoms with Crippen LogP contribution in [0.15, 0.2) is 36.7 Å². The van der Waals surface area contributed by atoms with Gasteiger partial charge < -0.3 is 19.9 Å². The summed E-state index contributed by atoms with van der Waals surface area (Å²) in [6, 6.07) is 9.90. The Morgan fingerprint density at radius 3 is 3.03 bits per heavy atom. The Hall–Kier alpha value is -2.55. The van der Waals surface area contributed by atoms with Crippen LogP contribution in [0.2, 0.25) is 0 Å². The first kappa shape index (κ1) is 19.8. The van der Waals surface area contributed by atoms with Crippen molar-refractivity contribution in [2.45, 2.75) is 31.6 Å². The van der Waals surface area contributed by atoms with Crippen molar-refractivity contribution in [3.63, 3.8) is 0 Å². The van der Waals surface area contributed by atoms with Crippen LogP contribution >= 0.6 is 0 Å². The number of β-amino-alcohol motifs (C(OH)–C–C–N with tert-alkyl or cyclic N) is 1.